The van der Waals surface area contributed by atoms with Crippen molar-refractivity contribution in [3.05, 3.63) is 59.8 Å². The van der Waals surface area contributed by atoms with E-state index in [2.05, 4.69) is 17.1 Å². The summed E-state index contributed by atoms with van der Waals surface area (Å²) in [6, 6.07) is 15.8. The standard InChI is InChI=1S/C17H15NO/c1-11-3-8-17(19)15(9-11)13-6-7-16-14(10-13)5-4-12(2)18-16/h3-10,19H,1-2H3. The van der Waals surface area contributed by atoms with Gasteiger partial charge < -0.3 is 5.11 Å². The highest BCUT2D eigenvalue weighted by molar-refractivity contribution is 5.85. The topological polar surface area (TPSA) is 33.1 Å². The summed E-state index contributed by atoms with van der Waals surface area (Å²) in [5.41, 5.74) is 5.01. The molecular formula is C17H15NO. The van der Waals surface area contributed by atoms with Crippen LogP contribution in [0.5, 0.6) is 5.75 Å². The van der Waals surface area contributed by atoms with Crippen molar-refractivity contribution in [3.8, 4) is 16.9 Å². The first-order chi connectivity index (χ1) is 9.13. The molecule has 19 heavy (non-hydrogen) atoms. The molecule has 0 saturated carbocycles. The van der Waals surface area contributed by atoms with Gasteiger partial charge in [-0.3, -0.25) is 4.98 Å². The third kappa shape index (κ3) is 2.17. The summed E-state index contributed by atoms with van der Waals surface area (Å²) in [6.45, 7) is 4.01. The van der Waals surface area contributed by atoms with Gasteiger partial charge in [0.15, 0.2) is 0 Å². The molecule has 0 aliphatic rings. The molecule has 3 rings (SSSR count). The minimum absolute atomic E-state index is 0.310. The number of aromatic nitrogens is 1. The van der Waals surface area contributed by atoms with Crippen LogP contribution in [0.4, 0.5) is 0 Å². The molecule has 0 radical (unpaired) electrons. The van der Waals surface area contributed by atoms with Crippen molar-refractivity contribution in [2.24, 2.45) is 0 Å². The largest absolute Gasteiger partial charge is 0.507 e. The van der Waals surface area contributed by atoms with Gasteiger partial charge in [-0.1, -0.05) is 23.8 Å². The van der Waals surface area contributed by atoms with Gasteiger partial charge in [0, 0.05) is 16.6 Å². The number of hydrogen-bond acceptors (Lipinski definition) is 2. The Morgan fingerprint density at radius 2 is 1.74 bits per heavy atom. The molecule has 0 atom stereocenters. The molecule has 1 N–H and O–H groups in total. The van der Waals surface area contributed by atoms with Gasteiger partial charge in [-0.15, -0.1) is 0 Å². The Morgan fingerprint density at radius 3 is 2.58 bits per heavy atom. The van der Waals surface area contributed by atoms with E-state index >= 15 is 0 Å². The number of rotatable bonds is 1. The minimum Gasteiger partial charge on any atom is -0.507 e. The van der Waals surface area contributed by atoms with Crippen LogP contribution in [0.15, 0.2) is 48.5 Å². The first-order valence-electron chi connectivity index (χ1n) is 6.31. The average Bonchev–Trinajstić information content (AvgIpc) is 2.41. The predicted octanol–water partition coefficient (Wildman–Crippen LogP) is 4.22. The zero-order valence-electron chi connectivity index (χ0n) is 11.0. The lowest BCUT2D eigenvalue weighted by Gasteiger charge is -2.07. The number of fused-ring (bicyclic) bond motifs is 1. The number of hydrogen-bond donors (Lipinski definition) is 1. The molecule has 2 nitrogen and oxygen atoms in total. The Balaban J connectivity index is 2.20. The van der Waals surface area contributed by atoms with Crippen molar-refractivity contribution in [2.75, 3.05) is 0 Å². The number of benzene rings is 2. The van der Waals surface area contributed by atoms with Crippen molar-refractivity contribution in [2.45, 2.75) is 13.8 Å². The molecule has 0 aliphatic carbocycles. The molecule has 1 aromatic heterocycles. The van der Waals surface area contributed by atoms with Crippen LogP contribution < -0.4 is 0 Å². The number of pyridine rings is 1. The molecule has 0 fully saturated rings. The maximum atomic E-state index is 9.99. The van der Waals surface area contributed by atoms with Crippen LogP contribution in [0.2, 0.25) is 0 Å². The molecule has 0 aliphatic heterocycles. The second-order valence-corrected chi connectivity index (χ2v) is 4.88. The third-order valence-corrected chi connectivity index (χ3v) is 3.29. The highest BCUT2D eigenvalue weighted by Gasteiger charge is 2.06. The third-order valence-electron chi connectivity index (χ3n) is 3.29. The Kier molecular flexibility index (Phi) is 2.71. The predicted molar refractivity (Wildman–Crippen MR) is 78.3 cm³/mol. The van der Waals surface area contributed by atoms with Gasteiger partial charge in [0.05, 0.1) is 5.52 Å². The highest BCUT2D eigenvalue weighted by Crippen LogP contribution is 2.31. The summed E-state index contributed by atoms with van der Waals surface area (Å²) < 4.78 is 0. The summed E-state index contributed by atoms with van der Waals surface area (Å²) >= 11 is 0. The van der Waals surface area contributed by atoms with Gasteiger partial charge in [0.1, 0.15) is 5.75 Å². The maximum absolute atomic E-state index is 9.99. The summed E-state index contributed by atoms with van der Waals surface area (Å²) in [6.07, 6.45) is 0. The van der Waals surface area contributed by atoms with E-state index in [0.29, 0.717) is 5.75 Å². The molecule has 0 spiro atoms. The summed E-state index contributed by atoms with van der Waals surface area (Å²) in [5, 5.41) is 11.1. The van der Waals surface area contributed by atoms with Crippen molar-refractivity contribution >= 4 is 10.9 Å². The quantitative estimate of drug-likeness (QED) is 0.700. The fraction of sp³-hybridized carbons (Fsp3) is 0.118. The van der Waals surface area contributed by atoms with Crippen LogP contribution in [-0.2, 0) is 0 Å². The zero-order valence-corrected chi connectivity index (χ0v) is 11.0. The Bertz CT molecular complexity index is 762. The first-order valence-corrected chi connectivity index (χ1v) is 6.31. The number of aryl methyl sites for hydroxylation is 2. The second-order valence-electron chi connectivity index (χ2n) is 4.88. The van der Waals surface area contributed by atoms with E-state index in [-0.39, 0.29) is 0 Å². The molecule has 0 unspecified atom stereocenters. The molecular weight excluding hydrogens is 234 g/mol. The Hall–Kier alpha value is -2.35. The van der Waals surface area contributed by atoms with E-state index in [1.54, 1.807) is 6.07 Å². The van der Waals surface area contributed by atoms with Crippen LogP contribution in [0.3, 0.4) is 0 Å². The molecule has 3 aromatic rings. The fourth-order valence-electron chi connectivity index (χ4n) is 2.28. The van der Waals surface area contributed by atoms with Crippen LogP contribution in [-0.4, -0.2) is 10.1 Å². The lowest BCUT2D eigenvalue weighted by molar-refractivity contribution is 0.477. The number of phenols is 1. The summed E-state index contributed by atoms with van der Waals surface area (Å²) in [7, 11) is 0. The first kappa shape index (κ1) is 11.7. The van der Waals surface area contributed by atoms with E-state index < -0.39 is 0 Å². The molecule has 2 heteroatoms. The van der Waals surface area contributed by atoms with Crippen molar-refractivity contribution in [1.29, 1.82) is 0 Å². The lowest BCUT2D eigenvalue weighted by atomic mass is 10.0. The number of aromatic hydroxyl groups is 1. The van der Waals surface area contributed by atoms with Crippen molar-refractivity contribution < 1.29 is 5.11 Å². The van der Waals surface area contributed by atoms with E-state index in [1.807, 2.05) is 44.2 Å². The fourth-order valence-corrected chi connectivity index (χ4v) is 2.28. The van der Waals surface area contributed by atoms with Gasteiger partial charge in [-0.05, 0) is 49.7 Å². The second kappa shape index (κ2) is 4.39. The van der Waals surface area contributed by atoms with Crippen LogP contribution in [0.25, 0.3) is 22.0 Å². The van der Waals surface area contributed by atoms with Crippen molar-refractivity contribution in [3.63, 3.8) is 0 Å². The molecule has 0 saturated heterocycles. The van der Waals surface area contributed by atoms with Gasteiger partial charge in [0.25, 0.3) is 0 Å². The van der Waals surface area contributed by atoms with Crippen molar-refractivity contribution in [1.82, 2.24) is 4.98 Å². The van der Waals surface area contributed by atoms with Crippen LogP contribution >= 0.6 is 0 Å². The van der Waals surface area contributed by atoms with Gasteiger partial charge in [-0.2, -0.15) is 0 Å². The average molecular weight is 249 g/mol. The molecule has 0 bridgehead atoms. The normalized spacial score (nSPS) is 10.8. The smallest absolute Gasteiger partial charge is 0.123 e. The summed E-state index contributed by atoms with van der Waals surface area (Å²) in [5.74, 6) is 0.310. The van der Waals surface area contributed by atoms with Gasteiger partial charge >= 0.3 is 0 Å². The molecule has 1 heterocycles. The van der Waals surface area contributed by atoms with E-state index in [9.17, 15) is 5.11 Å². The Labute approximate surface area is 112 Å². The van der Waals surface area contributed by atoms with E-state index in [4.69, 9.17) is 0 Å². The van der Waals surface area contributed by atoms with Crippen LogP contribution in [0.1, 0.15) is 11.3 Å². The summed E-state index contributed by atoms with van der Waals surface area (Å²) in [4.78, 5) is 4.49. The number of nitrogens with zero attached hydrogens (tertiary/aromatic N) is 1. The molecule has 94 valence electrons. The van der Waals surface area contributed by atoms with Crippen LogP contribution in [0, 0.1) is 13.8 Å². The number of phenolic OH excluding ortho intramolecular Hbond substituents is 1. The highest BCUT2D eigenvalue weighted by atomic mass is 16.3. The van der Waals surface area contributed by atoms with Gasteiger partial charge in [-0.25, -0.2) is 0 Å². The monoisotopic (exact) mass is 249 g/mol. The zero-order chi connectivity index (χ0) is 13.4. The van der Waals surface area contributed by atoms with Gasteiger partial charge in [0.2, 0.25) is 0 Å². The Morgan fingerprint density at radius 1 is 0.895 bits per heavy atom. The van der Waals surface area contributed by atoms with E-state index in [1.165, 1.54) is 0 Å². The molecule has 2 aromatic carbocycles. The minimum atomic E-state index is 0.310. The lowest BCUT2D eigenvalue weighted by Crippen LogP contribution is -1.85. The molecule has 0 amide bonds. The maximum Gasteiger partial charge on any atom is 0.123 e. The van der Waals surface area contributed by atoms with E-state index in [0.717, 1.165) is 33.3 Å². The SMILES string of the molecule is Cc1ccc(O)c(-c2ccc3nc(C)ccc3c2)c1.